The fourth-order valence-corrected chi connectivity index (χ4v) is 3.53. The zero-order valence-corrected chi connectivity index (χ0v) is 11.0. The summed E-state index contributed by atoms with van der Waals surface area (Å²) < 4.78 is 1.22. The largest absolute Gasteiger partial charge is 0.370 e. The monoisotopic (exact) mass is 280 g/mol. The Balaban J connectivity index is 1.81. The van der Waals surface area contributed by atoms with E-state index in [-0.39, 0.29) is 0 Å². The molecule has 1 aromatic rings. The highest BCUT2D eigenvalue weighted by Gasteiger charge is 2.40. The van der Waals surface area contributed by atoms with Crippen LogP contribution in [0.5, 0.6) is 0 Å². The summed E-state index contributed by atoms with van der Waals surface area (Å²) in [7, 11) is 0. The molecule has 2 nitrogen and oxygen atoms in total. The van der Waals surface area contributed by atoms with Gasteiger partial charge in [-0.05, 0) is 47.4 Å². The fourth-order valence-electron chi connectivity index (χ4n) is 2.99. The lowest BCUT2D eigenvalue weighted by molar-refractivity contribution is 0.369. The molecule has 2 aliphatic rings. The number of halogens is 1. The zero-order valence-electron chi connectivity index (χ0n) is 9.38. The van der Waals surface area contributed by atoms with Gasteiger partial charge in [0.15, 0.2) is 0 Å². The van der Waals surface area contributed by atoms with Crippen molar-refractivity contribution in [2.24, 2.45) is 5.41 Å². The molecule has 86 valence electrons. The van der Waals surface area contributed by atoms with Crippen molar-refractivity contribution in [3.05, 3.63) is 28.7 Å². The summed E-state index contributed by atoms with van der Waals surface area (Å²) >= 11 is 3.65. The molecule has 0 saturated carbocycles. The van der Waals surface area contributed by atoms with Crippen LogP contribution in [0.4, 0.5) is 5.69 Å². The molecule has 2 heterocycles. The number of nitrogens with zero attached hydrogens (tertiary/aromatic N) is 1. The van der Waals surface area contributed by atoms with Gasteiger partial charge in [0.05, 0.1) is 5.69 Å². The van der Waals surface area contributed by atoms with Gasteiger partial charge in [-0.3, -0.25) is 0 Å². The molecule has 1 N–H and O–H groups in total. The summed E-state index contributed by atoms with van der Waals surface area (Å²) in [5.74, 6) is 0. The standard InChI is InChI=1S/C13H17BrN2/c14-11-3-1-2-4-12(11)16-8-6-13(10-16)5-7-15-9-13/h1-4,15H,5-10H2. The first-order valence-electron chi connectivity index (χ1n) is 5.99. The fraction of sp³-hybridized carbons (Fsp3) is 0.538. The Labute approximate surface area is 105 Å². The topological polar surface area (TPSA) is 15.3 Å². The number of benzene rings is 1. The van der Waals surface area contributed by atoms with E-state index in [4.69, 9.17) is 0 Å². The van der Waals surface area contributed by atoms with E-state index in [1.54, 1.807) is 0 Å². The summed E-state index contributed by atoms with van der Waals surface area (Å²) in [4.78, 5) is 2.52. The van der Waals surface area contributed by atoms with E-state index in [2.05, 4.69) is 50.4 Å². The van der Waals surface area contributed by atoms with Gasteiger partial charge < -0.3 is 10.2 Å². The Morgan fingerprint density at radius 1 is 1.25 bits per heavy atom. The van der Waals surface area contributed by atoms with Crippen molar-refractivity contribution in [3.8, 4) is 0 Å². The van der Waals surface area contributed by atoms with E-state index in [9.17, 15) is 0 Å². The summed E-state index contributed by atoms with van der Waals surface area (Å²) in [6.07, 6.45) is 2.68. The molecule has 16 heavy (non-hydrogen) atoms. The van der Waals surface area contributed by atoms with Crippen LogP contribution in [-0.4, -0.2) is 26.2 Å². The lowest BCUT2D eigenvalue weighted by atomic mass is 9.86. The van der Waals surface area contributed by atoms with E-state index in [0.29, 0.717) is 5.41 Å². The minimum absolute atomic E-state index is 0.551. The van der Waals surface area contributed by atoms with Gasteiger partial charge in [-0.1, -0.05) is 12.1 Å². The smallest absolute Gasteiger partial charge is 0.0510 e. The molecule has 1 atom stereocenters. The van der Waals surface area contributed by atoms with E-state index in [1.165, 1.54) is 49.2 Å². The molecule has 1 spiro atoms. The maximum atomic E-state index is 3.65. The maximum Gasteiger partial charge on any atom is 0.0510 e. The van der Waals surface area contributed by atoms with E-state index in [1.807, 2.05) is 0 Å². The minimum atomic E-state index is 0.551. The van der Waals surface area contributed by atoms with Crippen molar-refractivity contribution in [1.82, 2.24) is 5.32 Å². The third-order valence-electron chi connectivity index (χ3n) is 3.96. The van der Waals surface area contributed by atoms with Gasteiger partial charge in [-0.2, -0.15) is 0 Å². The average Bonchev–Trinajstić information content (AvgIpc) is 2.91. The van der Waals surface area contributed by atoms with Crippen LogP contribution < -0.4 is 10.2 Å². The van der Waals surface area contributed by atoms with Crippen LogP contribution in [0.25, 0.3) is 0 Å². The van der Waals surface area contributed by atoms with Crippen LogP contribution in [-0.2, 0) is 0 Å². The Morgan fingerprint density at radius 3 is 2.88 bits per heavy atom. The van der Waals surface area contributed by atoms with Gasteiger partial charge in [0, 0.05) is 29.5 Å². The number of nitrogens with one attached hydrogen (secondary N) is 1. The van der Waals surface area contributed by atoms with E-state index >= 15 is 0 Å². The predicted octanol–water partition coefficient (Wildman–Crippen LogP) is 2.64. The van der Waals surface area contributed by atoms with Gasteiger partial charge in [-0.25, -0.2) is 0 Å². The van der Waals surface area contributed by atoms with Crippen LogP contribution in [0.1, 0.15) is 12.8 Å². The summed E-state index contributed by atoms with van der Waals surface area (Å²) in [6.45, 7) is 4.81. The third kappa shape index (κ3) is 1.76. The van der Waals surface area contributed by atoms with Crippen LogP contribution in [0.2, 0.25) is 0 Å². The molecule has 0 aromatic heterocycles. The molecular weight excluding hydrogens is 264 g/mol. The quantitative estimate of drug-likeness (QED) is 0.851. The molecule has 0 radical (unpaired) electrons. The third-order valence-corrected chi connectivity index (χ3v) is 4.63. The Kier molecular flexibility index (Phi) is 2.68. The molecule has 2 saturated heterocycles. The Hall–Kier alpha value is -0.540. The first kappa shape index (κ1) is 10.6. The van der Waals surface area contributed by atoms with Gasteiger partial charge in [-0.15, -0.1) is 0 Å². The summed E-state index contributed by atoms with van der Waals surface area (Å²) in [5.41, 5.74) is 1.90. The Morgan fingerprint density at radius 2 is 2.12 bits per heavy atom. The van der Waals surface area contributed by atoms with Gasteiger partial charge >= 0.3 is 0 Å². The molecule has 0 aliphatic carbocycles. The number of hydrogen-bond acceptors (Lipinski definition) is 2. The van der Waals surface area contributed by atoms with Crippen molar-refractivity contribution in [2.45, 2.75) is 12.8 Å². The normalized spacial score (nSPS) is 29.2. The van der Waals surface area contributed by atoms with Gasteiger partial charge in [0.2, 0.25) is 0 Å². The van der Waals surface area contributed by atoms with Crippen molar-refractivity contribution in [1.29, 1.82) is 0 Å². The SMILES string of the molecule is Brc1ccccc1N1CCC2(CCNC2)C1. The average molecular weight is 281 g/mol. The zero-order chi connectivity index (χ0) is 11.0. The molecule has 2 aliphatic heterocycles. The molecular formula is C13H17BrN2. The molecule has 0 bridgehead atoms. The van der Waals surface area contributed by atoms with Crippen LogP contribution >= 0.6 is 15.9 Å². The van der Waals surface area contributed by atoms with Crippen molar-refractivity contribution in [3.63, 3.8) is 0 Å². The first-order chi connectivity index (χ1) is 7.79. The molecule has 1 unspecified atom stereocenters. The number of para-hydroxylation sites is 1. The molecule has 3 rings (SSSR count). The summed E-state index contributed by atoms with van der Waals surface area (Å²) in [5, 5.41) is 3.50. The number of hydrogen-bond donors (Lipinski definition) is 1. The molecule has 0 amide bonds. The summed E-state index contributed by atoms with van der Waals surface area (Å²) in [6, 6.07) is 8.55. The van der Waals surface area contributed by atoms with E-state index in [0.717, 1.165) is 0 Å². The maximum absolute atomic E-state index is 3.65. The second kappa shape index (κ2) is 4.04. The van der Waals surface area contributed by atoms with Crippen LogP contribution in [0, 0.1) is 5.41 Å². The van der Waals surface area contributed by atoms with Crippen LogP contribution in [0.3, 0.4) is 0 Å². The van der Waals surface area contributed by atoms with Gasteiger partial charge in [0.1, 0.15) is 0 Å². The van der Waals surface area contributed by atoms with E-state index < -0.39 is 0 Å². The number of rotatable bonds is 1. The number of anilines is 1. The van der Waals surface area contributed by atoms with Crippen molar-refractivity contribution < 1.29 is 0 Å². The van der Waals surface area contributed by atoms with Crippen molar-refractivity contribution >= 4 is 21.6 Å². The van der Waals surface area contributed by atoms with Gasteiger partial charge in [0.25, 0.3) is 0 Å². The Bertz CT molecular complexity index is 385. The lowest BCUT2D eigenvalue weighted by Crippen LogP contribution is -2.29. The second-order valence-electron chi connectivity index (χ2n) is 5.05. The highest BCUT2D eigenvalue weighted by atomic mass is 79.9. The highest BCUT2D eigenvalue weighted by Crippen LogP contribution is 2.39. The molecule has 2 fully saturated rings. The highest BCUT2D eigenvalue weighted by molar-refractivity contribution is 9.10. The lowest BCUT2D eigenvalue weighted by Gasteiger charge is -2.24. The molecule has 1 aromatic carbocycles. The second-order valence-corrected chi connectivity index (χ2v) is 5.90. The minimum Gasteiger partial charge on any atom is -0.370 e. The van der Waals surface area contributed by atoms with Crippen molar-refractivity contribution in [2.75, 3.05) is 31.1 Å². The molecule has 3 heteroatoms. The predicted molar refractivity (Wildman–Crippen MR) is 70.9 cm³/mol. The van der Waals surface area contributed by atoms with Crippen LogP contribution in [0.15, 0.2) is 28.7 Å². The first-order valence-corrected chi connectivity index (χ1v) is 6.79.